The first-order valence-corrected chi connectivity index (χ1v) is 13.7. The Morgan fingerprint density at radius 3 is 2.55 bits per heavy atom. The molecule has 2 heterocycles. The number of carbonyl (C=O) groups is 3. The third-order valence-corrected chi connectivity index (χ3v) is 7.64. The molecule has 0 radical (unpaired) electrons. The number of ether oxygens (including phenoxy) is 2. The van der Waals surface area contributed by atoms with E-state index in [1.807, 2.05) is 28.8 Å². The molecule has 0 saturated heterocycles. The molecule has 0 aliphatic carbocycles. The van der Waals surface area contributed by atoms with Gasteiger partial charge in [0.25, 0.3) is 5.91 Å². The highest BCUT2D eigenvalue weighted by molar-refractivity contribution is 7.99. The third kappa shape index (κ3) is 7.01. The van der Waals surface area contributed by atoms with E-state index in [1.54, 1.807) is 19.9 Å². The van der Waals surface area contributed by atoms with Crippen LogP contribution in [0, 0.1) is 6.92 Å². The number of carbonyl (C=O) groups excluding carboxylic acids is 3. The van der Waals surface area contributed by atoms with Crippen molar-refractivity contribution in [1.82, 2.24) is 14.8 Å². The summed E-state index contributed by atoms with van der Waals surface area (Å²) < 4.78 is 12.8. The van der Waals surface area contributed by atoms with E-state index >= 15 is 0 Å². The van der Waals surface area contributed by atoms with Crippen molar-refractivity contribution < 1.29 is 23.9 Å². The molecule has 0 aliphatic rings. The van der Waals surface area contributed by atoms with Crippen LogP contribution in [0.2, 0.25) is 0 Å². The lowest BCUT2D eigenvalue weighted by atomic mass is 10.0. The van der Waals surface area contributed by atoms with Gasteiger partial charge in [-0.05, 0) is 43.0 Å². The molecule has 202 valence electrons. The van der Waals surface area contributed by atoms with E-state index in [1.165, 1.54) is 17.3 Å². The minimum atomic E-state index is -0.684. The number of thioether (sulfide) groups is 1. The number of primary amides is 1. The Morgan fingerprint density at radius 2 is 1.95 bits per heavy atom. The van der Waals surface area contributed by atoms with E-state index < -0.39 is 17.8 Å². The molecule has 12 heteroatoms. The average molecular weight is 558 g/mol. The van der Waals surface area contributed by atoms with E-state index in [2.05, 4.69) is 35.9 Å². The number of hydrogen-bond acceptors (Lipinski definition) is 9. The number of nitrogens with one attached hydrogen (secondary N) is 1. The molecule has 0 bridgehead atoms. The lowest BCUT2D eigenvalue weighted by Gasteiger charge is -2.10. The first-order valence-electron chi connectivity index (χ1n) is 11.9. The maximum atomic E-state index is 12.8. The number of amides is 2. The Balaban J connectivity index is 1.68. The molecule has 3 N–H and O–H groups in total. The minimum Gasteiger partial charge on any atom is -0.486 e. The monoisotopic (exact) mass is 557 g/mol. The predicted molar refractivity (Wildman–Crippen MR) is 148 cm³/mol. The van der Waals surface area contributed by atoms with Crippen LogP contribution >= 0.6 is 23.1 Å². The number of aromatic nitrogens is 3. The van der Waals surface area contributed by atoms with Gasteiger partial charge < -0.3 is 20.5 Å². The summed E-state index contributed by atoms with van der Waals surface area (Å²) in [4.78, 5) is 37.2. The fraction of sp³-hybridized carbons (Fsp3) is 0.346. The van der Waals surface area contributed by atoms with E-state index in [-0.39, 0.29) is 34.4 Å². The van der Waals surface area contributed by atoms with E-state index in [0.717, 1.165) is 17.1 Å². The van der Waals surface area contributed by atoms with Crippen LogP contribution < -0.4 is 15.8 Å². The molecule has 2 amide bonds. The zero-order valence-electron chi connectivity index (χ0n) is 21.8. The van der Waals surface area contributed by atoms with Crippen LogP contribution in [0.15, 0.2) is 42.1 Å². The average Bonchev–Trinajstić information content (AvgIpc) is 3.42. The quantitative estimate of drug-likeness (QED) is 0.177. The molecular formula is C26H31N5O5S2. The normalized spacial score (nSPS) is 10.9. The number of benzene rings is 1. The van der Waals surface area contributed by atoms with Gasteiger partial charge in [0.2, 0.25) is 5.91 Å². The fourth-order valence-electron chi connectivity index (χ4n) is 3.52. The van der Waals surface area contributed by atoms with Gasteiger partial charge in [-0.2, -0.15) is 0 Å². The molecule has 1 aromatic carbocycles. The van der Waals surface area contributed by atoms with E-state index in [4.69, 9.17) is 15.2 Å². The minimum absolute atomic E-state index is 0.0160. The highest BCUT2D eigenvalue weighted by Crippen LogP contribution is 2.34. The molecule has 0 saturated carbocycles. The van der Waals surface area contributed by atoms with Crippen molar-refractivity contribution in [2.24, 2.45) is 5.73 Å². The number of esters is 1. The van der Waals surface area contributed by atoms with Crippen LogP contribution in [0.1, 0.15) is 63.7 Å². The molecular weight excluding hydrogens is 526 g/mol. The molecule has 2 aromatic heterocycles. The van der Waals surface area contributed by atoms with Crippen molar-refractivity contribution in [2.75, 3.05) is 17.7 Å². The van der Waals surface area contributed by atoms with Crippen molar-refractivity contribution in [3.63, 3.8) is 0 Å². The Kier molecular flexibility index (Phi) is 10.1. The largest absolute Gasteiger partial charge is 0.486 e. The highest BCUT2D eigenvalue weighted by atomic mass is 32.2. The number of nitrogens with two attached hydrogens (primary N) is 1. The topological polar surface area (TPSA) is 138 Å². The lowest BCUT2D eigenvalue weighted by molar-refractivity contribution is -0.113. The summed E-state index contributed by atoms with van der Waals surface area (Å²) >= 11 is 2.12. The summed E-state index contributed by atoms with van der Waals surface area (Å²) in [6, 6.07) is 7.90. The number of thiophene rings is 1. The van der Waals surface area contributed by atoms with Crippen molar-refractivity contribution in [1.29, 1.82) is 0 Å². The zero-order valence-corrected chi connectivity index (χ0v) is 23.4. The standard InChI is InChI=1S/C26H31N5O5S2/c1-6-12-31-19(13-36-18-10-8-17(9-11-18)15(3)4)29-30-26(31)37-14-20(32)28-24-21(25(34)35-7-2)16(5)22(38-24)23(27)33/h6,8-11,15H,1,7,12-14H2,2-5H3,(H2,27,33)(H,28,32). The Labute approximate surface area is 229 Å². The molecule has 38 heavy (non-hydrogen) atoms. The van der Waals surface area contributed by atoms with Crippen LogP contribution in [-0.4, -0.2) is 44.9 Å². The van der Waals surface area contributed by atoms with Gasteiger partial charge in [-0.3, -0.25) is 14.2 Å². The number of allylic oxidation sites excluding steroid dienone is 1. The van der Waals surface area contributed by atoms with Gasteiger partial charge in [-0.1, -0.05) is 43.8 Å². The Hall–Kier alpha value is -3.64. The molecule has 0 spiro atoms. The van der Waals surface area contributed by atoms with Crippen molar-refractivity contribution in [3.8, 4) is 5.75 Å². The van der Waals surface area contributed by atoms with Crippen LogP contribution in [0.5, 0.6) is 5.75 Å². The maximum Gasteiger partial charge on any atom is 0.341 e. The van der Waals surface area contributed by atoms with Gasteiger partial charge in [-0.15, -0.1) is 28.1 Å². The molecule has 0 aliphatic heterocycles. The molecule has 10 nitrogen and oxygen atoms in total. The molecule has 0 fully saturated rings. The van der Waals surface area contributed by atoms with Crippen LogP contribution in [0.4, 0.5) is 5.00 Å². The first kappa shape index (κ1) is 28.9. The summed E-state index contributed by atoms with van der Waals surface area (Å²) in [6.07, 6.45) is 1.71. The predicted octanol–water partition coefficient (Wildman–Crippen LogP) is 4.54. The molecule has 3 aromatic rings. The molecule has 0 unspecified atom stereocenters. The van der Waals surface area contributed by atoms with Gasteiger partial charge in [0.1, 0.15) is 17.4 Å². The third-order valence-electron chi connectivity index (χ3n) is 5.46. The summed E-state index contributed by atoms with van der Waals surface area (Å²) in [5, 5.41) is 11.9. The number of nitrogens with zero attached hydrogens (tertiary/aromatic N) is 3. The van der Waals surface area contributed by atoms with E-state index in [0.29, 0.717) is 29.0 Å². The highest BCUT2D eigenvalue weighted by Gasteiger charge is 2.26. The zero-order chi connectivity index (χ0) is 27.8. The first-order chi connectivity index (χ1) is 18.2. The van der Waals surface area contributed by atoms with Gasteiger partial charge in [0.05, 0.1) is 22.8 Å². The smallest absolute Gasteiger partial charge is 0.341 e. The van der Waals surface area contributed by atoms with Gasteiger partial charge >= 0.3 is 5.97 Å². The number of rotatable bonds is 13. The summed E-state index contributed by atoms with van der Waals surface area (Å²) in [5.41, 5.74) is 7.15. The van der Waals surface area contributed by atoms with Crippen LogP contribution in [0.3, 0.4) is 0 Å². The second kappa shape index (κ2) is 13.2. The Bertz CT molecular complexity index is 1310. The summed E-state index contributed by atoms with van der Waals surface area (Å²) in [5.74, 6) is 0.0107. The van der Waals surface area contributed by atoms with Gasteiger partial charge in [0.15, 0.2) is 11.0 Å². The van der Waals surface area contributed by atoms with E-state index in [9.17, 15) is 14.4 Å². The Morgan fingerprint density at radius 1 is 1.24 bits per heavy atom. The SMILES string of the molecule is C=CCn1c(COc2ccc(C(C)C)cc2)nnc1SCC(=O)Nc1sc(C(N)=O)c(C)c1C(=O)OCC. The van der Waals surface area contributed by atoms with Crippen molar-refractivity contribution >= 4 is 45.9 Å². The summed E-state index contributed by atoms with van der Waals surface area (Å²) in [6.45, 7) is 12.1. The lowest BCUT2D eigenvalue weighted by Crippen LogP contribution is -2.17. The number of hydrogen-bond donors (Lipinski definition) is 2. The van der Waals surface area contributed by atoms with Gasteiger partial charge in [0, 0.05) is 6.54 Å². The fourth-order valence-corrected chi connectivity index (χ4v) is 5.35. The second-order valence-electron chi connectivity index (χ2n) is 8.49. The molecule has 3 rings (SSSR count). The number of anilines is 1. The second-order valence-corrected chi connectivity index (χ2v) is 10.5. The van der Waals surface area contributed by atoms with Crippen LogP contribution in [0.25, 0.3) is 0 Å². The summed E-state index contributed by atoms with van der Waals surface area (Å²) in [7, 11) is 0. The maximum absolute atomic E-state index is 12.8. The van der Waals surface area contributed by atoms with Crippen LogP contribution in [-0.2, 0) is 22.7 Å². The van der Waals surface area contributed by atoms with Crippen molar-refractivity contribution in [2.45, 2.75) is 51.9 Å². The van der Waals surface area contributed by atoms with Crippen molar-refractivity contribution in [3.05, 3.63) is 64.3 Å². The molecule has 0 atom stereocenters. The van der Waals surface area contributed by atoms with Gasteiger partial charge in [-0.25, -0.2) is 4.79 Å².